The second kappa shape index (κ2) is 7.01. The summed E-state index contributed by atoms with van der Waals surface area (Å²) in [6.07, 6.45) is 3.16. The molecule has 0 bridgehead atoms. The van der Waals surface area contributed by atoms with E-state index in [9.17, 15) is 9.18 Å². The fourth-order valence-electron chi connectivity index (χ4n) is 1.55. The third-order valence-electron chi connectivity index (χ3n) is 2.58. The third-order valence-corrected chi connectivity index (χ3v) is 2.58. The van der Waals surface area contributed by atoms with Gasteiger partial charge in [0, 0.05) is 12.1 Å². The van der Waals surface area contributed by atoms with E-state index in [0.717, 1.165) is 24.8 Å². The van der Waals surface area contributed by atoms with Gasteiger partial charge in [0.25, 0.3) is 0 Å². The van der Waals surface area contributed by atoms with Crippen molar-refractivity contribution in [1.29, 1.82) is 0 Å². The highest BCUT2D eigenvalue weighted by molar-refractivity contribution is 5.91. The van der Waals surface area contributed by atoms with Gasteiger partial charge >= 0.3 is 0 Å². The fourth-order valence-corrected chi connectivity index (χ4v) is 1.55. The number of nitrogens with one attached hydrogen (secondary N) is 1. The quantitative estimate of drug-likeness (QED) is 0.748. The average molecular weight is 238 g/mol. The normalized spacial score (nSPS) is 10.3. The van der Waals surface area contributed by atoms with Crippen LogP contribution in [0.4, 0.5) is 10.1 Å². The van der Waals surface area contributed by atoms with E-state index in [-0.39, 0.29) is 11.7 Å². The van der Waals surface area contributed by atoms with Gasteiger partial charge in [-0.3, -0.25) is 4.79 Å². The van der Waals surface area contributed by atoms with Crippen molar-refractivity contribution in [3.05, 3.63) is 29.6 Å². The second-order valence-electron chi connectivity index (χ2n) is 4.11. The van der Waals surface area contributed by atoms with E-state index in [1.807, 2.05) is 6.92 Å². The summed E-state index contributed by atoms with van der Waals surface area (Å²) in [6.45, 7) is 2.49. The summed E-state index contributed by atoms with van der Waals surface area (Å²) in [5.74, 6) is -0.412. The van der Waals surface area contributed by atoms with Gasteiger partial charge in [0.2, 0.25) is 5.91 Å². The van der Waals surface area contributed by atoms with E-state index >= 15 is 0 Å². The molecule has 0 aliphatic carbocycles. The number of nitrogens with two attached hydrogens (primary N) is 1. The van der Waals surface area contributed by atoms with E-state index in [1.165, 1.54) is 12.1 Å². The minimum atomic E-state index is -0.339. The van der Waals surface area contributed by atoms with E-state index < -0.39 is 0 Å². The van der Waals surface area contributed by atoms with Gasteiger partial charge in [-0.15, -0.1) is 0 Å². The Morgan fingerprint density at radius 2 is 2.12 bits per heavy atom. The van der Waals surface area contributed by atoms with Crippen LogP contribution in [0.3, 0.4) is 0 Å². The van der Waals surface area contributed by atoms with Crippen LogP contribution in [0.25, 0.3) is 0 Å². The molecule has 0 radical (unpaired) electrons. The van der Waals surface area contributed by atoms with Crippen LogP contribution in [0.15, 0.2) is 18.2 Å². The van der Waals surface area contributed by atoms with Crippen molar-refractivity contribution in [3.63, 3.8) is 0 Å². The van der Waals surface area contributed by atoms with Crippen molar-refractivity contribution < 1.29 is 9.18 Å². The summed E-state index contributed by atoms with van der Waals surface area (Å²) in [4.78, 5) is 11.6. The van der Waals surface area contributed by atoms with Crippen LogP contribution in [0.2, 0.25) is 0 Å². The summed E-state index contributed by atoms with van der Waals surface area (Å²) in [6, 6.07) is 4.37. The molecule has 0 atom stereocenters. The Kier molecular flexibility index (Phi) is 5.63. The first-order valence-electron chi connectivity index (χ1n) is 5.89. The highest BCUT2D eigenvalue weighted by atomic mass is 19.1. The molecule has 0 unspecified atom stereocenters. The minimum Gasteiger partial charge on any atom is -0.330 e. The number of rotatable bonds is 6. The van der Waals surface area contributed by atoms with Crippen LogP contribution in [-0.2, 0) is 4.79 Å². The van der Waals surface area contributed by atoms with Crippen molar-refractivity contribution in [2.75, 3.05) is 11.9 Å². The molecular formula is C13H19FN2O. The molecule has 0 saturated heterocycles. The van der Waals surface area contributed by atoms with Crippen molar-refractivity contribution >= 4 is 11.6 Å². The summed E-state index contributed by atoms with van der Waals surface area (Å²) >= 11 is 0. The van der Waals surface area contributed by atoms with Crippen molar-refractivity contribution in [3.8, 4) is 0 Å². The number of amides is 1. The monoisotopic (exact) mass is 238 g/mol. The number of carbonyl (C=O) groups excluding carboxylic acids is 1. The molecule has 0 heterocycles. The Balaban J connectivity index is 2.42. The lowest BCUT2D eigenvalue weighted by atomic mass is 10.1. The van der Waals surface area contributed by atoms with Gasteiger partial charge in [0.05, 0.1) is 0 Å². The predicted molar refractivity (Wildman–Crippen MR) is 67.3 cm³/mol. The Bertz CT molecular complexity index is 380. The molecule has 0 aliphatic heterocycles. The SMILES string of the molecule is Cc1ccc(F)cc1NC(=O)CCCCCN. The number of aryl methyl sites for hydroxylation is 1. The highest BCUT2D eigenvalue weighted by Crippen LogP contribution is 2.16. The number of hydrogen-bond donors (Lipinski definition) is 2. The Morgan fingerprint density at radius 3 is 2.82 bits per heavy atom. The van der Waals surface area contributed by atoms with Gasteiger partial charge in [-0.2, -0.15) is 0 Å². The topological polar surface area (TPSA) is 55.1 Å². The lowest BCUT2D eigenvalue weighted by Crippen LogP contribution is -2.12. The molecule has 4 heteroatoms. The molecule has 1 rings (SSSR count). The lowest BCUT2D eigenvalue weighted by Gasteiger charge is -2.08. The van der Waals surface area contributed by atoms with Gasteiger partial charge in [0.15, 0.2) is 0 Å². The van der Waals surface area contributed by atoms with Gasteiger partial charge in [-0.1, -0.05) is 12.5 Å². The first-order valence-corrected chi connectivity index (χ1v) is 5.89. The van der Waals surface area contributed by atoms with Crippen molar-refractivity contribution in [2.45, 2.75) is 32.6 Å². The number of unbranched alkanes of at least 4 members (excludes halogenated alkanes) is 2. The maximum atomic E-state index is 13.0. The predicted octanol–water partition coefficient (Wildman–Crippen LogP) is 2.59. The first-order chi connectivity index (χ1) is 8.13. The van der Waals surface area contributed by atoms with Gasteiger partial charge in [0.1, 0.15) is 5.82 Å². The standard InChI is InChI=1S/C13H19FN2O/c1-10-6-7-11(14)9-12(10)16-13(17)5-3-2-4-8-15/h6-7,9H,2-5,8,15H2,1H3,(H,16,17). The van der Waals surface area contributed by atoms with E-state index in [0.29, 0.717) is 18.7 Å². The minimum absolute atomic E-state index is 0.0734. The first kappa shape index (κ1) is 13.6. The van der Waals surface area contributed by atoms with Crippen molar-refractivity contribution in [2.24, 2.45) is 5.73 Å². The smallest absolute Gasteiger partial charge is 0.224 e. The van der Waals surface area contributed by atoms with Gasteiger partial charge in [-0.05, 0) is 44.0 Å². The second-order valence-corrected chi connectivity index (χ2v) is 4.11. The van der Waals surface area contributed by atoms with Crippen LogP contribution in [0.1, 0.15) is 31.2 Å². The van der Waals surface area contributed by atoms with Gasteiger partial charge in [-0.25, -0.2) is 4.39 Å². The molecule has 0 aromatic heterocycles. The van der Waals surface area contributed by atoms with E-state index in [2.05, 4.69) is 5.32 Å². The fraction of sp³-hybridized carbons (Fsp3) is 0.462. The molecule has 0 aliphatic rings. The summed E-state index contributed by atoms with van der Waals surface area (Å²) in [5, 5.41) is 2.72. The zero-order chi connectivity index (χ0) is 12.7. The Hall–Kier alpha value is -1.42. The lowest BCUT2D eigenvalue weighted by molar-refractivity contribution is -0.116. The molecule has 1 aromatic carbocycles. The molecule has 94 valence electrons. The molecule has 17 heavy (non-hydrogen) atoms. The number of halogens is 1. The van der Waals surface area contributed by atoms with Crippen LogP contribution in [0.5, 0.6) is 0 Å². The molecule has 0 fully saturated rings. The molecule has 3 N–H and O–H groups in total. The Labute approximate surface area is 101 Å². The molecular weight excluding hydrogens is 219 g/mol. The van der Waals surface area contributed by atoms with E-state index in [4.69, 9.17) is 5.73 Å². The highest BCUT2D eigenvalue weighted by Gasteiger charge is 2.05. The number of benzene rings is 1. The summed E-state index contributed by atoms with van der Waals surface area (Å²) in [5.41, 5.74) is 6.78. The van der Waals surface area contributed by atoms with E-state index in [1.54, 1.807) is 6.07 Å². The van der Waals surface area contributed by atoms with Crippen LogP contribution in [0, 0.1) is 12.7 Å². The molecule has 3 nitrogen and oxygen atoms in total. The van der Waals surface area contributed by atoms with Crippen molar-refractivity contribution in [1.82, 2.24) is 0 Å². The molecule has 1 aromatic rings. The number of carbonyl (C=O) groups is 1. The van der Waals surface area contributed by atoms with Crippen LogP contribution in [-0.4, -0.2) is 12.5 Å². The van der Waals surface area contributed by atoms with Crippen LogP contribution >= 0.6 is 0 Å². The largest absolute Gasteiger partial charge is 0.330 e. The zero-order valence-corrected chi connectivity index (χ0v) is 10.1. The Morgan fingerprint density at radius 1 is 1.35 bits per heavy atom. The maximum absolute atomic E-state index is 13.0. The zero-order valence-electron chi connectivity index (χ0n) is 10.1. The van der Waals surface area contributed by atoms with Gasteiger partial charge < -0.3 is 11.1 Å². The summed E-state index contributed by atoms with van der Waals surface area (Å²) < 4.78 is 13.0. The van der Waals surface area contributed by atoms with Crippen LogP contribution < -0.4 is 11.1 Å². The number of hydrogen-bond acceptors (Lipinski definition) is 2. The average Bonchev–Trinajstić information content (AvgIpc) is 2.29. The third kappa shape index (κ3) is 4.95. The summed E-state index contributed by atoms with van der Waals surface area (Å²) in [7, 11) is 0. The molecule has 0 spiro atoms. The number of anilines is 1. The molecule has 1 amide bonds. The maximum Gasteiger partial charge on any atom is 0.224 e. The molecule has 0 saturated carbocycles.